The van der Waals surface area contributed by atoms with E-state index in [1.807, 2.05) is 0 Å². The van der Waals surface area contributed by atoms with Crippen molar-refractivity contribution in [1.29, 1.82) is 0 Å². The maximum absolute atomic E-state index is 13.0. The van der Waals surface area contributed by atoms with E-state index in [1.165, 1.54) is 12.1 Å². The first-order valence-corrected chi connectivity index (χ1v) is 8.00. The summed E-state index contributed by atoms with van der Waals surface area (Å²) in [5.74, 6) is -0.171. The monoisotopic (exact) mass is 324 g/mol. The molecule has 6 heteroatoms. The van der Waals surface area contributed by atoms with Crippen molar-refractivity contribution in [3.05, 3.63) is 35.6 Å². The summed E-state index contributed by atoms with van der Waals surface area (Å²) in [7, 11) is 1.56. The fraction of sp³-hybridized carbons (Fsp3) is 0.588. The highest BCUT2D eigenvalue weighted by Gasteiger charge is 2.26. The van der Waals surface area contributed by atoms with Crippen molar-refractivity contribution in [2.75, 3.05) is 26.7 Å². The lowest BCUT2D eigenvalue weighted by molar-refractivity contribution is 0.0704. The molecular formula is C17H25FN2O3. The number of amides is 2. The van der Waals surface area contributed by atoms with Gasteiger partial charge in [0.1, 0.15) is 5.82 Å². The molecule has 1 aromatic rings. The van der Waals surface area contributed by atoms with Crippen LogP contribution in [-0.2, 0) is 4.74 Å². The van der Waals surface area contributed by atoms with Crippen LogP contribution in [0.3, 0.4) is 0 Å². The van der Waals surface area contributed by atoms with E-state index >= 15 is 0 Å². The van der Waals surface area contributed by atoms with E-state index in [-0.39, 0.29) is 23.9 Å². The van der Waals surface area contributed by atoms with Crippen LogP contribution in [0.15, 0.2) is 24.3 Å². The van der Waals surface area contributed by atoms with Crippen LogP contribution >= 0.6 is 0 Å². The van der Waals surface area contributed by atoms with Gasteiger partial charge in [0.05, 0.1) is 12.2 Å². The molecule has 1 aromatic carbocycles. The molecule has 1 aliphatic rings. The highest BCUT2D eigenvalue weighted by Crippen LogP contribution is 2.20. The van der Waals surface area contributed by atoms with Crippen LogP contribution < -0.4 is 5.32 Å². The number of benzene rings is 1. The summed E-state index contributed by atoms with van der Waals surface area (Å²) in [5, 5.41) is 12.6. The first-order chi connectivity index (χ1) is 11.0. The second-order valence-electron chi connectivity index (χ2n) is 6.05. The number of halogens is 1. The molecule has 128 valence electrons. The Labute approximate surface area is 136 Å². The molecule has 1 fully saturated rings. The third-order valence-electron chi connectivity index (χ3n) is 4.39. The first kappa shape index (κ1) is 17.7. The maximum atomic E-state index is 13.0. The van der Waals surface area contributed by atoms with Gasteiger partial charge in [0.25, 0.3) is 0 Å². The number of carbonyl (C=O) groups is 1. The molecule has 0 aromatic heterocycles. The molecule has 2 N–H and O–H groups in total. The molecule has 3 atom stereocenters. The van der Waals surface area contributed by atoms with Crippen molar-refractivity contribution in [3.8, 4) is 0 Å². The molecule has 2 amide bonds. The highest BCUT2D eigenvalue weighted by molar-refractivity contribution is 5.74. The van der Waals surface area contributed by atoms with Gasteiger partial charge < -0.3 is 20.1 Å². The van der Waals surface area contributed by atoms with Gasteiger partial charge in [0.15, 0.2) is 0 Å². The Kier molecular flexibility index (Phi) is 6.36. The van der Waals surface area contributed by atoms with Crippen molar-refractivity contribution in [3.63, 3.8) is 0 Å². The zero-order valence-corrected chi connectivity index (χ0v) is 13.7. The number of nitrogens with one attached hydrogen (secondary N) is 1. The number of ether oxygens (including phenoxy) is 1. The second kappa shape index (κ2) is 8.26. The van der Waals surface area contributed by atoms with Crippen LogP contribution in [0.4, 0.5) is 9.18 Å². The van der Waals surface area contributed by atoms with E-state index in [0.29, 0.717) is 19.6 Å². The molecule has 0 bridgehead atoms. The van der Waals surface area contributed by atoms with E-state index in [0.717, 1.165) is 18.4 Å². The van der Waals surface area contributed by atoms with Gasteiger partial charge in [-0.2, -0.15) is 0 Å². The normalized spacial score (nSPS) is 20.9. The number of nitrogens with zero attached hydrogens (tertiary/aromatic N) is 1. The predicted octanol–water partition coefficient (Wildman–Crippen LogP) is 2.32. The van der Waals surface area contributed by atoms with Crippen LogP contribution in [0.1, 0.15) is 31.4 Å². The Morgan fingerprint density at radius 3 is 2.78 bits per heavy atom. The number of hydrogen-bond donors (Lipinski definition) is 2. The summed E-state index contributed by atoms with van der Waals surface area (Å²) in [6.07, 6.45) is 1.11. The van der Waals surface area contributed by atoms with Crippen molar-refractivity contribution in [2.24, 2.45) is 5.92 Å². The van der Waals surface area contributed by atoms with E-state index < -0.39 is 6.10 Å². The Bertz CT molecular complexity index is 507. The smallest absolute Gasteiger partial charge is 0.317 e. The number of hydrogen-bond acceptors (Lipinski definition) is 3. The van der Waals surface area contributed by atoms with Crippen molar-refractivity contribution in [1.82, 2.24) is 10.2 Å². The summed E-state index contributed by atoms with van der Waals surface area (Å²) in [5.41, 5.74) is 0.815. The van der Waals surface area contributed by atoms with Gasteiger partial charge in [-0.1, -0.05) is 12.1 Å². The fourth-order valence-electron chi connectivity index (χ4n) is 2.89. The first-order valence-electron chi connectivity index (χ1n) is 8.00. The van der Waals surface area contributed by atoms with Gasteiger partial charge in [0.2, 0.25) is 0 Å². The summed E-state index contributed by atoms with van der Waals surface area (Å²) in [6, 6.07) is 5.90. The van der Waals surface area contributed by atoms with Crippen LogP contribution in [0.5, 0.6) is 0 Å². The molecule has 3 unspecified atom stereocenters. The number of rotatable bonds is 5. The third kappa shape index (κ3) is 4.91. The third-order valence-corrected chi connectivity index (χ3v) is 4.39. The number of piperidine rings is 1. The Balaban J connectivity index is 1.88. The van der Waals surface area contributed by atoms with Crippen LogP contribution in [0.25, 0.3) is 0 Å². The van der Waals surface area contributed by atoms with Crippen LogP contribution in [0.2, 0.25) is 0 Å². The zero-order chi connectivity index (χ0) is 16.8. The number of aliphatic hydroxyl groups is 1. The van der Waals surface area contributed by atoms with Crippen LogP contribution in [0, 0.1) is 11.7 Å². The number of carbonyl (C=O) groups excluding carboxylic acids is 1. The number of urea groups is 1. The predicted molar refractivity (Wildman–Crippen MR) is 85.5 cm³/mol. The van der Waals surface area contributed by atoms with E-state index in [1.54, 1.807) is 31.1 Å². The molecule has 0 aliphatic carbocycles. The van der Waals surface area contributed by atoms with Crippen LogP contribution in [-0.4, -0.2) is 48.9 Å². The molecule has 5 nitrogen and oxygen atoms in total. The molecule has 1 saturated heterocycles. The SMILES string of the molecule is COC(CNC(=O)N1CCCC(C(C)O)C1)c1ccc(F)cc1. The van der Waals surface area contributed by atoms with Gasteiger partial charge >= 0.3 is 6.03 Å². The molecule has 1 aliphatic heterocycles. The van der Waals surface area contributed by atoms with E-state index in [9.17, 15) is 14.3 Å². The Morgan fingerprint density at radius 2 is 2.17 bits per heavy atom. The van der Waals surface area contributed by atoms with Crippen molar-refractivity contribution in [2.45, 2.75) is 32.0 Å². The lowest BCUT2D eigenvalue weighted by Gasteiger charge is -2.34. The van der Waals surface area contributed by atoms with Gasteiger partial charge in [-0.15, -0.1) is 0 Å². The number of methoxy groups -OCH3 is 1. The Morgan fingerprint density at radius 1 is 1.48 bits per heavy atom. The maximum Gasteiger partial charge on any atom is 0.317 e. The summed E-state index contributed by atoms with van der Waals surface area (Å²) in [4.78, 5) is 14.0. The van der Waals surface area contributed by atoms with E-state index in [4.69, 9.17) is 4.74 Å². The zero-order valence-electron chi connectivity index (χ0n) is 13.7. The van der Waals surface area contributed by atoms with E-state index in [2.05, 4.69) is 5.32 Å². The standard InChI is InChI=1S/C17H25FN2O3/c1-12(21)14-4-3-9-20(11-14)17(22)19-10-16(23-2)13-5-7-15(18)8-6-13/h5-8,12,14,16,21H,3-4,9-11H2,1-2H3,(H,19,22). The molecule has 23 heavy (non-hydrogen) atoms. The fourth-order valence-corrected chi connectivity index (χ4v) is 2.89. The minimum Gasteiger partial charge on any atom is -0.393 e. The quantitative estimate of drug-likeness (QED) is 0.874. The second-order valence-corrected chi connectivity index (χ2v) is 6.05. The molecule has 0 radical (unpaired) electrons. The average molecular weight is 324 g/mol. The topological polar surface area (TPSA) is 61.8 Å². The van der Waals surface area contributed by atoms with Gasteiger partial charge in [0, 0.05) is 32.7 Å². The minimum atomic E-state index is -0.406. The van der Waals surface area contributed by atoms with Gasteiger partial charge in [-0.05, 0) is 37.5 Å². The number of likely N-dealkylation sites (tertiary alicyclic amines) is 1. The molecule has 0 saturated carbocycles. The molecular weight excluding hydrogens is 299 g/mol. The average Bonchev–Trinajstić information content (AvgIpc) is 2.56. The molecule has 2 rings (SSSR count). The largest absolute Gasteiger partial charge is 0.393 e. The van der Waals surface area contributed by atoms with Gasteiger partial charge in [-0.3, -0.25) is 0 Å². The van der Waals surface area contributed by atoms with Crippen molar-refractivity contribution < 1.29 is 19.0 Å². The lowest BCUT2D eigenvalue weighted by Crippen LogP contribution is -2.48. The minimum absolute atomic E-state index is 0.129. The lowest BCUT2D eigenvalue weighted by atomic mass is 9.94. The molecule has 0 spiro atoms. The Hall–Kier alpha value is -1.66. The number of aliphatic hydroxyl groups excluding tert-OH is 1. The van der Waals surface area contributed by atoms with Crippen molar-refractivity contribution >= 4 is 6.03 Å². The summed E-state index contributed by atoms with van der Waals surface area (Å²) < 4.78 is 18.4. The molecule has 1 heterocycles. The summed E-state index contributed by atoms with van der Waals surface area (Å²) in [6.45, 7) is 3.35. The highest BCUT2D eigenvalue weighted by atomic mass is 19.1. The van der Waals surface area contributed by atoms with Gasteiger partial charge in [-0.25, -0.2) is 9.18 Å². The summed E-state index contributed by atoms with van der Waals surface area (Å²) >= 11 is 0.